The van der Waals surface area contributed by atoms with Crippen LogP contribution in [0.2, 0.25) is 0 Å². The van der Waals surface area contributed by atoms with Crippen LogP contribution in [0.25, 0.3) is 0 Å². The first kappa shape index (κ1) is 25.2. The quantitative estimate of drug-likeness (QED) is 0.378. The largest absolute Gasteiger partial charge is 0.385 e. The molecule has 2 N–H and O–H groups in total. The van der Waals surface area contributed by atoms with Crippen LogP contribution in [0.3, 0.4) is 0 Å². The molecule has 1 aliphatic rings. The molecule has 0 spiro atoms. The van der Waals surface area contributed by atoms with Gasteiger partial charge in [0, 0.05) is 51.1 Å². The molecular formula is C25H41N3O3. The number of carbonyl (C=O) groups is 2. The summed E-state index contributed by atoms with van der Waals surface area (Å²) < 4.78 is 5.05. The van der Waals surface area contributed by atoms with Gasteiger partial charge in [0.15, 0.2) is 0 Å². The topological polar surface area (TPSA) is 70.7 Å². The van der Waals surface area contributed by atoms with Crippen LogP contribution in [-0.2, 0) is 9.53 Å². The zero-order chi connectivity index (χ0) is 22.3. The van der Waals surface area contributed by atoms with E-state index in [1.165, 1.54) is 32.1 Å². The molecule has 2 amide bonds. The van der Waals surface area contributed by atoms with Crippen LogP contribution in [0.5, 0.6) is 0 Å². The highest BCUT2D eigenvalue weighted by atomic mass is 16.5. The van der Waals surface area contributed by atoms with E-state index in [4.69, 9.17) is 4.74 Å². The Labute approximate surface area is 188 Å². The first-order valence-electron chi connectivity index (χ1n) is 12.1. The van der Waals surface area contributed by atoms with Gasteiger partial charge in [-0.25, -0.2) is 0 Å². The van der Waals surface area contributed by atoms with Gasteiger partial charge >= 0.3 is 0 Å². The van der Waals surface area contributed by atoms with Crippen LogP contribution in [-0.4, -0.2) is 45.2 Å². The molecule has 31 heavy (non-hydrogen) atoms. The van der Waals surface area contributed by atoms with Gasteiger partial charge in [-0.3, -0.25) is 9.59 Å². The summed E-state index contributed by atoms with van der Waals surface area (Å²) in [6.07, 6.45) is 11.9. The van der Waals surface area contributed by atoms with Crippen LogP contribution < -0.4 is 15.5 Å². The predicted molar refractivity (Wildman–Crippen MR) is 128 cm³/mol. The summed E-state index contributed by atoms with van der Waals surface area (Å²) in [5, 5.41) is 5.97. The number of unbranched alkanes of at least 4 members (excludes halogenated alkanes) is 6. The van der Waals surface area contributed by atoms with Gasteiger partial charge in [-0.1, -0.05) is 45.4 Å². The number of ether oxygens (including phenoxy) is 1. The van der Waals surface area contributed by atoms with Crippen molar-refractivity contribution in [1.82, 2.24) is 5.32 Å². The second kappa shape index (κ2) is 14.8. The first-order chi connectivity index (χ1) is 15.2. The van der Waals surface area contributed by atoms with E-state index >= 15 is 0 Å². The Morgan fingerprint density at radius 2 is 1.71 bits per heavy atom. The molecule has 2 rings (SSSR count). The standard InChI is InChI=1S/C25H41N3O3/c1-3-4-5-6-7-8-9-13-24(29)27-21-14-15-23(28-17-10-11-18-28)22(20-21)25(30)26-16-12-19-31-2/h14-15,20H,3-13,16-19H2,1-2H3,(H,26,30)(H,27,29). The third-order valence-corrected chi connectivity index (χ3v) is 5.79. The lowest BCUT2D eigenvalue weighted by Gasteiger charge is -2.22. The van der Waals surface area contributed by atoms with Gasteiger partial charge in [-0.05, 0) is 43.9 Å². The van der Waals surface area contributed by atoms with E-state index in [9.17, 15) is 9.59 Å². The van der Waals surface area contributed by atoms with Gasteiger partial charge < -0.3 is 20.3 Å². The summed E-state index contributed by atoms with van der Waals surface area (Å²) in [6, 6.07) is 5.71. The van der Waals surface area contributed by atoms with Gasteiger partial charge in [-0.2, -0.15) is 0 Å². The molecule has 6 nitrogen and oxygen atoms in total. The number of amides is 2. The third-order valence-electron chi connectivity index (χ3n) is 5.79. The second-order valence-corrected chi connectivity index (χ2v) is 8.45. The Hall–Kier alpha value is -2.08. The summed E-state index contributed by atoms with van der Waals surface area (Å²) in [5.41, 5.74) is 2.28. The predicted octanol–water partition coefficient (Wildman–Crippen LogP) is 5.13. The van der Waals surface area contributed by atoms with Crippen LogP contribution in [0.15, 0.2) is 18.2 Å². The molecule has 1 heterocycles. The number of anilines is 2. The summed E-state index contributed by atoms with van der Waals surface area (Å²) in [5.74, 6) is -0.0740. The molecular weight excluding hydrogens is 390 g/mol. The molecule has 174 valence electrons. The van der Waals surface area contributed by atoms with Crippen molar-refractivity contribution in [3.8, 4) is 0 Å². The van der Waals surface area contributed by atoms with Crippen molar-refractivity contribution in [3.63, 3.8) is 0 Å². The molecule has 0 unspecified atom stereocenters. The minimum absolute atomic E-state index is 0.0222. The van der Waals surface area contributed by atoms with Crippen molar-refractivity contribution in [2.75, 3.05) is 43.6 Å². The van der Waals surface area contributed by atoms with Crippen LogP contribution in [0.1, 0.15) is 87.9 Å². The molecule has 0 aliphatic carbocycles. The Bertz CT molecular complexity index is 672. The van der Waals surface area contributed by atoms with Gasteiger partial charge in [0.2, 0.25) is 5.91 Å². The summed E-state index contributed by atoms with van der Waals surface area (Å²) in [7, 11) is 1.66. The minimum Gasteiger partial charge on any atom is -0.385 e. The highest BCUT2D eigenvalue weighted by Crippen LogP contribution is 2.27. The fourth-order valence-electron chi connectivity index (χ4n) is 4.01. The van der Waals surface area contributed by atoms with E-state index in [1.54, 1.807) is 7.11 Å². The monoisotopic (exact) mass is 431 g/mol. The van der Waals surface area contributed by atoms with Crippen molar-refractivity contribution in [2.45, 2.75) is 77.6 Å². The average Bonchev–Trinajstić information content (AvgIpc) is 3.30. The highest BCUT2D eigenvalue weighted by molar-refractivity contribution is 6.02. The fraction of sp³-hybridized carbons (Fsp3) is 0.680. The fourth-order valence-corrected chi connectivity index (χ4v) is 4.01. The second-order valence-electron chi connectivity index (χ2n) is 8.45. The van der Waals surface area contributed by atoms with Crippen molar-refractivity contribution >= 4 is 23.2 Å². The molecule has 0 radical (unpaired) electrons. The minimum atomic E-state index is -0.0961. The van der Waals surface area contributed by atoms with Crippen LogP contribution in [0.4, 0.5) is 11.4 Å². The third kappa shape index (κ3) is 9.30. The van der Waals surface area contributed by atoms with Gasteiger partial charge in [-0.15, -0.1) is 0 Å². The molecule has 0 bridgehead atoms. The number of rotatable bonds is 15. The Morgan fingerprint density at radius 1 is 1.00 bits per heavy atom. The van der Waals surface area contributed by atoms with E-state index in [-0.39, 0.29) is 11.8 Å². The number of methoxy groups -OCH3 is 1. The van der Waals surface area contributed by atoms with Gasteiger partial charge in [0.25, 0.3) is 5.91 Å². The maximum atomic E-state index is 12.9. The Morgan fingerprint density at radius 3 is 2.42 bits per heavy atom. The molecule has 1 aliphatic heterocycles. The smallest absolute Gasteiger partial charge is 0.253 e. The molecule has 1 aromatic rings. The van der Waals surface area contributed by atoms with E-state index in [2.05, 4.69) is 22.5 Å². The molecule has 1 aromatic carbocycles. The van der Waals surface area contributed by atoms with E-state index in [0.717, 1.165) is 50.9 Å². The molecule has 0 atom stereocenters. The number of carbonyl (C=O) groups excluding carboxylic acids is 2. The molecule has 6 heteroatoms. The lowest BCUT2D eigenvalue weighted by atomic mass is 10.1. The molecule has 0 aromatic heterocycles. The number of hydrogen-bond donors (Lipinski definition) is 2. The first-order valence-corrected chi connectivity index (χ1v) is 12.1. The number of hydrogen-bond acceptors (Lipinski definition) is 4. The summed E-state index contributed by atoms with van der Waals surface area (Å²) in [4.78, 5) is 27.5. The molecule has 1 fully saturated rings. The van der Waals surface area contributed by atoms with Gasteiger partial charge in [0.1, 0.15) is 0 Å². The van der Waals surface area contributed by atoms with Crippen molar-refractivity contribution in [1.29, 1.82) is 0 Å². The zero-order valence-electron chi connectivity index (χ0n) is 19.5. The van der Waals surface area contributed by atoms with Crippen molar-refractivity contribution < 1.29 is 14.3 Å². The van der Waals surface area contributed by atoms with Crippen molar-refractivity contribution in [3.05, 3.63) is 23.8 Å². The maximum absolute atomic E-state index is 12.9. The van der Waals surface area contributed by atoms with Crippen LogP contribution >= 0.6 is 0 Å². The average molecular weight is 432 g/mol. The van der Waals surface area contributed by atoms with E-state index in [1.807, 2.05) is 18.2 Å². The van der Waals surface area contributed by atoms with E-state index in [0.29, 0.717) is 30.8 Å². The zero-order valence-corrected chi connectivity index (χ0v) is 19.5. The highest BCUT2D eigenvalue weighted by Gasteiger charge is 2.20. The lowest BCUT2D eigenvalue weighted by molar-refractivity contribution is -0.116. The van der Waals surface area contributed by atoms with Crippen LogP contribution in [0, 0.1) is 0 Å². The SMILES string of the molecule is CCCCCCCCCC(=O)Nc1ccc(N2CCCC2)c(C(=O)NCCCOC)c1. The number of benzene rings is 1. The van der Waals surface area contributed by atoms with Crippen molar-refractivity contribution in [2.24, 2.45) is 0 Å². The Kier molecular flexibility index (Phi) is 12.1. The normalized spacial score (nSPS) is 13.4. The Balaban J connectivity index is 1.90. The van der Waals surface area contributed by atoms with E-state index < -0.39 is 0 Å². The summed E-state index contributed by atoms with van der Waals surface area (Å²) >= 11 is 0. The molecule has 1 saturated heterocycles. The maximum Gasteiger partial charge on any atom is 0.253 e. The molecule has 0 saturated carbocycles. The summed E-state index contributed by atoms with van der Waals surface area (Å²) in [6.45, 7) is 5.34. The number of nitrogens with zero attached hydrogens (tertiary/aromatic N) is 1. The van der Waals surface area contributed by atoms with Gasteiger partial charge in [0.05, 0.1) is 5.56 Å². The lowest BCUT2D eigenvalue weighted by Crippen LogP contribution is -2.29. The number of nitrogens with one attached hydrogen (secondary N) is 2.